The number of hydrogen-bond acceptors (Lipinski definition) is 5. The average molecular weight is 342 g/mol. The Bertz CT molecular complexity index is 1030. The minimum atomic E-state index is 0.401. The van der Waals surface area contributed by atoms with Gasteiger partial charge in [0.25, 0.3) is 0 Å². The molecule has 5 heteroatoms. The van der Waals surface area contributed by atoms with Crippen LogP contribution in [0.5, 0.6) is 0 Å². The van der Waals surface area contributed by atoms with Crippen LogP contribution in [0.3, 0.4) is 0 Å². The van der Waals surface area contributed by atoms with Crippen molar-refractivity contribution in [3.8, 4) is 6.07 Å². The topological polar surface area (TPSA) is 85.7 Å². The second-order valence-corrected chi connectivity index (χ2v) is 6.02. The van der Waals surface area contributed by atoms with Gasteiger partial charge in [0.2, 0.25) is 0 Å². The van der Waals surface area contributed by atoms with Crippen LogP contribution in [0.2, 0.25) is 0 Å². The lowest BCUT2D eigenvalue weighted by Gasteiger charge is -2.13. The van der Waals surface area contributed by atoms with E-state index in [9.17, 15) is 0 Å². The minimum Gasteiger partial charge on any atom is -0.472 e. The Morgan fingerprint density at radius 1 is 1.23 bits per heavy atom. The first kappa shape index (κ1) is 17.2. The molecule has 0 aliphatic rings. The highest BCUT2D eigenvalue weighted by Gasteiger charge is 2.11. The Labute approximate surface area is 152 Å². The highest BCUT2D eigenvalue weighted by atomic mass is 16.3. The van der Waals surface area contributed by atoms with Gasteiger partial charge in [0.05, 0.1) is 35.2 Å². The molecule has 0 saturated carbocycles. The van der Waals surface area contributed by atoms with Crippen LogP contribution in [0, 0.1) is 30.6 Å². The van der Waals surface area contributed by atoms with Crippen molar-refractivity contribution >= 4 is 17.1 Å². The van der Waals surface area contributed by atoms with Gasteiger partial charge in [-0.3, -0.25) is 10.4 Å². The van der Waals surface area contributed by atoms with Gasteiger partial charge in [0, 0.05) is 23.0 Å². The quantitative estimate of drug-likeness (QED) is 0.660. The molecule has 0 amide bonds. The molecular weight excluding hydrogens is 324 g/mol. The van der Waals surface area contributed by atoms with Gasteiger partial charge < -0.3 is 9.73 Å². The molecule has 0 radical (unpaired) electrons. The lowest BCUT2D eigenvalue weighted by Crippen LogP contribution is -2.05. The maximum atomic E-state index is 9.02. The first-order valence-electron chi connectivity index (χ1n) is 8.05. The molecule has 0 aliphatic heterocycles. The summed E-state index contributed by atoms with van der Waals surface area (Å²) in [6.45, 7) is 7.87. The lowest BCUT2D eigenvalue weighted by molar-refractivity contribution is 0.567. The van der Waals surface area contributed by atoms with E-state index in [0.717, 1.165) is 27.9 Å². The number of furan rings is 1. The molecule has 3 rings (SSSR count). The number of aryl methyl sites for hydroxylation is 2. The van der Waals surface area contributed by atoms with Gasteiger partial charge in [-0.2, -0.15) is 5.26 Å². The van der Waals surface area contributed by atoms with Crippen LogP contribution >= 0.6 is 0 Å². The first-order chi connectivity index (χ1) is 12.5. The molecule has 0 fully saturated rings. The Morgan fingerprint density at radius 2 is 2.04 bits per heavy atom. The van der Waals surface area contributed by atoms with Crippen LogP contribution in [-0.4, -0.2) is 10.7 Å². The van der Waals surface area contributed by atoms with Gasteiger partial charge in [-0.15, -0.1) is 0 Å². The molecule has 2 N–H and O–H groups in total. The van der Waals surface area contributed by atoms with Crippen molar-refractivity contribution in [3.05, 3.63) is 89.1 Å². The van der Waals surface area contributed by atoms with Gasteiger partial charge in [0.15, 0.2) is 0 Å². The largest absolute Gasteiger partial charge is 0.472 e. The van der Waals surface area contributed by atoms with Crippen LogP contribution in [0.25, 0.3) is 5.70 Å². The van der Waals surface area contributed by atoms with Crippen molar-refractivity contribution in [2.24, 2.45) is 0 Å². The van der Waals surface area contributed by atoms with E-state index in [0.29, 0.717) is 22.7 Å². The predicted molar refractivity (Wildman–Crippen MR) is 102 cm³/mol. The fourth-order valence-corrected chi connectivity index (χ4v) is 2.61. The van der Waals surface area contributed by atoms with Crippen LogP contribution in [0.15, 0.2) is 60.1 Å². The van der Waals surface area contributed by atoms with E-state index in [-0.39, 0.29) is 0 Å². The molecule has 0 saturated heterocycles. The average Bonchev–Trinajstić information content (AvgIpc) is 3.17. The maximum absolute atomic E-state index is 9.02. The van der Waals surface area contributed by atoms with Crippen molar-refractivity contribution in [2.75, 3.05) is 5.32 Å². The van der Waals surface area contributed by atoms with E-state index < -0.39 is 0 Å². The Balaban J connectivity index is 1.85. The summed E-state index contributed by atoms with van der Waals surface area (Å²) >= 11 is 0. The van der Waals surface area contributed by atoms with E-state index in [1.165, 1.54) is 0 Å². The van der Waals surface area contributed by atoms with Gasteiger partial charge in [-0.25, -0.2) is 0 Å². The molecule has 0 aliphatic carbocycles. The number of pyridine rings is 1. The molecule has 0 atom stereocenters. The number of rotatable bonds is 5. The second-order valence-electron chi connectivity index (χ2n) is 6.02. The van der Waals surface area contributed by atoms with Gasteiger partial charge in [-0.05, 0) is 49.2 Å². The molecule has 0 bridgehead atoms. The van der Waals surface area contributed by atoms with Gasteiger partial charge >= 0.3 is 0 Å². The van der Waals surface area contributed by atoms with Crippen LogP contribution in [0.4, 0.5) is 5.69 Å². The predicted octanol–water partition coefficient (Wildman–Crippen LogP) is 4.66. The van der Waals surface area contributed by atoms with Crippen molar-refractivity contribution in [1.29, 1.82) is 10.7 Å². The molecular formula is C21H18N4O. The molecule has 2 heterocycles. The fraction of sp³-hybridized carbons (Fsp3) is 0.0952. The summed E-state index contributed by atoms with van der Waals surface area (Å²) in [4.78, 5) is 4.28. The molecule has 26 heavy (non-hydrogen) atoms. The Kier molecular flexibility index (Phi) is 4.68. The third-order valence-electron chi connectivity index (χ3n) is 4.15. The summed E-state index contributed by atoms with van der Waals surface area (Å²) in [6.07, 6.45) is 4.67. The van der Waals surface area contributed by atoms with Crippen molar-refractivity contribution in [1.82, 2.24) is 4.98 Å². The summed E-state index contributed by atoms with van der Waals surface area (Å²) in [5, 5.41) is 20.6. The molecule has 3 aromatic rings. The highest BCUT2D eigenvalue weighted by molar-refractivity contribution is 6.12. The van der Waals surface area contributed by atoms with E-state index in [1.54, 1.807) is 24.8 Å². The fourth-order valence-electron chi connectivity index (χ4n) is 2.61. The molecule has 0 spiro atoms. The number of benzene rings is 1. The minimum absolute atomic E-state index is 0.401. The molecule has 0 unspecified atom stereocenters. The molecule has 1 aromatic carbocycles. The number of anilines is 1. The Hall–Kier alpha value is -3.65. The maximum Gasteiger partial charge on any atom is 0.101 e. The third-order valence-corrected chi connectivity index (χ3v) is 4.15. The van der Waals surface area contributed by atoms with Crippen LogP contribution < -0.4 is 5.32 Å². The summed E-state index contributed by atoms with van der Waals surface area (Å²) in [6, 6.07) is 11.5. The first-order valence-corrected chi connectivity index (χ1v) is 8.05. The van der Waals surface area contributed by atoms with E-state index in [1.807, 2.05) is 38.1 Å². The summed E-state index contributed by atoms with van der Waals surface area (Å²) < 4.78 is 5.08. The lowest BCUT2D eigenvalue weighted by atomic mass is 9.99. The van der Waals surface area contributed by atoms with Crippen molar-refractivity contribution in [3.63, 3.8) is 0 Å². The normalized spacial score (nSPS) is 10.2. The number of hydrogen-bond donors (Lipinski definition) is 2. The zero-order valence-electron chi connectivity index (χ0n) is 14.6. The van der Waals surface area contributed by atoms with E-state index >= 15 is 0 Å². The SMILES string of the molecule is C=C(Nc1ccc(C)c(C(=N)c2ccoc2)c1)c1cc(C)c(C#N)cn1. The summed E-state index contributed by atoms with van der Waals surface area (Å²) in [7, 11) is 0. The molecule has 5 nitrogen and oxygen atoms in total. The van der Waals surface area contributed by atoms with Crippen LogP contribution in [-0.2, 0) is 0 Å². The zero-order valence-corrected chi connectivity index (χ0v) is 14.6. The standard InChI is InChI=1S/C21H18N4O/c1-13-4-5-18(9-19(13)21(23)16-6-7-26-12-16)25-15(3)20-8-14(2)17(10-22)11-24-20/h4-9,11-12,23,25H,3H2,1-2H3. The number of nitrogens with one attached hydrogen (secondary N) is 2. The second kappa shape index (κ2) is 7.08. The van der Waals surface area contributed by atoms with Crippen LogP contribution in [0.1, 0.15) is 33.5 Å². The van der Waals surface area contributed by atoms with Gasteiger partial charge in [-0.1, -0.05) is 12.6 Å². The number of nitrogens with zero attached hydrogens (tertiary/aromatic N) is 2. The summed E-state index contributed by atoms with van der Waals surface area (Å²) in [5.74, 6) is 0. The van der Waals surface area contributed by atoms with Crippen molar-refractivity contribution < 1.29 is 4.42 Å². The smallest absolute Gasteiger partial charge is 0.101 e. The van der Waals surface area contributed by atoms with Crippen molar-refractivity contribution in [2.45, 2.75) is 13.8 Å². The van der Waals surface area contributed by atoms with E-state index in [4.69, 9.17) is 15.1 Å². The monoisotopic (exact) mass is 342 g/mol. The van der Waals surface area contributed by atoms with Gasteiger partial charge in [0.1, 0.15) is 6.07 Å². The van der Waals surface area contributed by atoms with E-state index in [2.05, 4.69) is 22.9 Å². The Morgan fingerprint density at radius 3 is 2.69 bits per heavy atom. The summed E-state index contributed by atoms with van der Waals surface area (Å²) in [5.41, 5.74) is 6.46. The third kappa shape index (κ3) is 3.40. The number of nitriles is 1. The molecule has 128 valence electrons. The highest BCUT2D eigenvalue weighted by Crippen LogP contribution is 2.22. The number of aromatic nitrogens is 1. The zero-order chi connectivity index (χ0) is 18.7. The molecule has 2 aromatic heterocycles.